The minimum absolute atomic E-state index is 0.204. The van der Waals surface area contributed by atoms with Gasteiger partial charge in [0.25, 0.3) is 5.91 Å². The number of methoxy groups -OCH3 is 1. The van der Waals surface area contributed by atoms with Gasteiger partial charge in [0.05, 0.1) is 16.0 Å². The van der Waals surface area contributed by atoms with Crippen molar-refractivity contribution in [1.82, 2.24) is 5.32 Å². The van der Waals surface area contributed by atoms with Crippen LogP contribution in [0.3, 0.4) is 0 Å². The number of nitrogens with one attached hydrogen (secondary N) is 1. The van der Waals surface area contributed by atoms with E-state index in [-0.39, 0.29) is 12.0 Å². The molecule has 21 heavy (non-hydrogen) atoms. The molecular weight excluding hydrogens is 308 g/mol. The lowest BCUT2D eigenvalue weighted by molar-refractivity contribution is 0.0837. The number of halogens is 1. The van der Waals surface area contributed by atoms with Crippen LogP contribution in [0.2, 0.25) is 4.34 Å². The van der Waals surface area contributed by atoms with Crippen molar-refractivity contribution in [3.05, 3.63) is 56.7 Å². The number of nitrogens with zero attached hydrogens (tertiary/aromatic N) is 1. The molecule has 2 rings (SSSR count). The summed E-state index contributed by atoms with van der Waals surface area (Å²) in [6.07, 6.45) is -0.232. The van der Waals surface area contributed by atoms with E-state index in [4.69, 9.17) is 21.6 Å². The third kappa shape index (κ3) is 4.05. The first-order valence-corrected chi connectivity index (χ1v) is 7.40. The summed E-state index contributed by atoms with van der Waals surface area (Å²) >= 11 is 7.32. The first-order chi connectivity index (χ1) is 10.1. The Balaban J connectivity index is 1.97. The number of rotatable bonds is 5. The Morgan fingerprint density at radius 2 is 2.10 bits per heavy atom. The zero-order chi connectivity index (χ0) is 15.2. The molecule has 1 atom stereocenters. The van der Waals surface area contributed by atoms with E-state index in [2.05, 4.69) is 5.32 Å². The molecule has 0 fully saturated rings. The van der Waals surface area contributed by atoms with Gasteiger partial charge in [-0.05, 0) is 36.4 Å². The van der Waals surface area contributed by atoms with Crippen LogP contribution in [0.15, 0.2) is 36.4 Å². The van der Waals surface area contributed by atoms with Gasteiger partial charge in [-0.15, -0.1) is 11.3 Å². The second-order valence-corrected chi connectivity index (χ2v) is 6.01. The molecule has 0 spiro atoms. The molecule has 0 bridgehead atoms. The maximum atomic E-state index is 12.0. The van der Waals surface area contributed by atoms with Crippen molar-refractivity contribution in [2.75, 3.05) is 13.7 Å². The molecular formula is C15H13ClN2O2S. The normalized spacial score (nSPS) is 11.7. The van der Waals surface area contributed by atoms with Gasteiger partial charge in [0.1, 0.15) is 6.10 Å². The van der Waals surface area contributed by atoms with E-state index in [1.807, 2.05) is 12.1 Å². The van der Waals surface area contributed by atoms with Gasteiger partial charge in [0.2, 0.25) is 0 Å². The molecule has 1 N–H and O–H groups in total. The Labute approximate surface area is 131 Å². The minimum atomic E-state index is -0.232. The highest BCUT2D eigenvalue weighted by Gasteiger charge is 2.15. The largest absolute Gasteiger partial charge is 0.374 e. The van der Waals surface area contributed by atoms with Crippen molar-refractivity contribution >= 4 is 28.8 Å². The van der Waals surface area contributed by atoms with Gasteiger partial charge in [-0.25, -0.2) is 0 Å². The summed E-state index contributed by atoms with van der Waals surface area (Å²) in [7, 11) is 1.59. The van der Waals surface area contributed by atoms with Gasteiger partial charge in [0, 0.05) is 24.1 Å². The molecule has 1 amide bonds. The smallest absolute Gasteiger partial charge is 0.251 e. The highest BCUT2D eigenvalue weighted by Crippen LogP contribution is 2.28. The molecule has 0 radical (unpaired) electrons. The third-order valence-corrected chi connectivity index (χ3v) is 4.24. The number of ether oxygens (including phenoxy) is 1. The van der Waals surface area contributed by atoms with Gasteiger partial charge >= 0.3 is 0 Å². The number of nitriles is 1. The monoisotopic (exact) mass is 320 g/mol. The number of thiophene rings is 1. The van der Waals surface area contributed by atoms with Crippen LogP contribution in [0.5, 0.6) is 0 Å². The van der Waals surface area contributed by atoms with E-state index < -0.39 is 0 Å². The van der Waals surface area contributed by atoms with Crippen LogP contribution in [0.4, 0.5) is 0 Å². The van der Waals surface area contributed by atoms with Crippen molar-refractivity contribution < 1.29 is 9.53 Å². The van der Waals surface area contributed by atoms with Crippen molar-refractivity contribution in [3.63, 3.8) is 0 Å². The summed E-state index contributed by atoms with van der Waals surface area (Å²) in [6, 6.07) is 12.2. The fourth-order valence-electron chi connectivity index (χ4n) is 1.79. The molecule has 1 aromatic carbocycles. The number of amides is 1. The SMILES string of the molecule is COC(CNC(=O)c1ccc(C#N)cc1)c1ccc(Cl)s1. The van der Waals surface area contributed by atoms with Gasteiger partial charge in [-0.1, -0.05) is 11.6 Å². The summed E-state index contributed by atoms with van der Waals surface area (Å²) in [5.74, 6) is -0.204. The van der Waals surface area contributed by atoms with Crippen molar-refractivity contribution in [2.45, 2.75) is 6.10 Å². The zero-order valence-corrected chi connectivity index (χ0v) is 12.9. The molecule has 0 saturated carbocycles. The highest BCUT2D eigenvalue weighted by atomic mass is 35.5. The Morgan fingerprint density at radius 3 is 2.62 bits per heavy atom. The molecule has 1 aromatic heterocycles. The maximum absolute atomic E-state index is 12.0. The topological polar surface area (TPSA) is 62.1 Å². The molecule has 0 saturated heterocycles. The Hall–Kier alpha value is -1.87. The van der Waals surface area contributed by atoms with E-state index >= 15 is 0 Å². The van der Waals surface area contributed by atoms with E-state index in [0.29, 0.717) is 22.0 Å². The second kappa shape index (κ2) is 7.23. The summed E-state index contributed by atoms with van der Waals surface area (Å²) in [4.78, 5) is 13.0. The fourth-order valence-corrected chi connectivity index (χ4v) is 2.92. The Kier molecular flexibility index (Phi) is 5.34. The van der Waals surface area contributed by atoms with Gasteiger partial charge in [-0.3, -0.25) is 4.79 Å². The predicted molar refractivity (Wildman–Crippen MR) is 82.6 cm³/mol. The summed E-state index contributed by atoms with van der Waals surface area (Å²) in [6.45, 7) is 0.353. The first kappa shape index (κ1) is 15.5. The number of carbonyl (C=O) groups excluding carboxylic acids is 1. The predicted octanol–water partition coefficient (Wildman–Crippen LogP) is 3.39. The van der Waals surface area contributed by atoms with E-state index in [1.165, 1.54) is 11.3 Å². The molecule has 1 unspecified atom stereocenters. The standard InChI is InChI=1S/C15H13ClN2O2S/c1-20-12(13-6-7-14(16)21-13)9-18-15(19)11-4-2-10(8-17)3-5-11/h2-7,12H,9H2,1H3,(H,18,19). The van der Waals surface area contributed by atoms with Crippen LogP contribution in [0.25, 0.3) is 0 Å². The van der Waals surface area contributed by atoms with Crippen LogP contribution in [-0.2, 0) is 4.74 Å². The molecule has 0 aliphatic carbocycles. The molecule has 2 aromatic rings. The van der Waals surface area contributed by atoms with E-state index in [1.54, 1.807) is 37.4 Å². The summed E-state index contributed by atoms with van der Waals surface area (Å²) in [5, 5.41) is 11.5. The van der Waals surface area contributed by atoms with Crippen LogP contribution in [0.1, 0.15) is 26.9 Å². The van der Waals surface area contributed by atoms with E-state index in [9.17, 15) is 4.79 Å². The van der Waals surface area contributed by atoms with Gasteiger partial charge in [0.15, 0.2) is 0 Å². The van der Waals surface area contributed by atoms with Crippen LogP contribution < -0.4 is 5.32 Å². The van der Waals surface area contributed by atoms with Gasteiger partial charge < -0.3 is 10.1 Å². The lowest BCUT2D eigenvalue weighted by Crippen LogP contribution is -2.28. The third-order valence-electron chi connectivity index (χ3n) is 2.92. The zero-order valence-electron chi connectivity index (χ0n) is 11.3. The summed E-state index contributed by atoms with van der Waals surface area (Å²) in [5.41, 5.74) is 1.03. The molecule has 0 aliphatic heterocycles. The van der Waals surface area contributed by atoms with Gasteiger partial charge in [-0.2, -0.15) is 5.26 Å². The minimum Gasteiger partial charge on any atom is -0.374 e. The van der Waals surface area contributed by atoms with Crippen LogP contribution in [0, 0.1) is 11.3 Å². The van der Waals surface area contributed by atoms with Crippen LogP contribution >= 0.6 is 22.9 Å². The average Bonchev–Trinajstić information content (AvgIpc) is 2.94. The van der Waals surface area contributed by atoms with Crippen molar-refractivity contribution in [3.8, 4) is 6.07 Å². The fraction of sp³-hybridized carbons (Fsp3) is 0.200. The number of hydrogen-bond acceptors (Lipinski definition) is 4. The molecule has 6 heteroatoms. The number of carbonyl (C=O) groups is 1. The quantitative estimate of drug-likeness (QED) is 0.918. The Morgan fingerprint density at radius 1 is 1.38 bits per heavy atom. The highest BCUT2D eigenvalue weighted by molar-refractivity contribution is 7.16. The van der Waals surface area contributed by atoms with Crippen molar-refractivity contribution in [1.29, 1.82) is 5.26 Å². The first-order valence-electron chi connectivity index (χ1n) is 6.20. The molecule has 108 valence electrons. The lowest BCUT2D eigenvalue weighted by Gasteiger charge is -2.14. The number of hydrogen-bond donors (Lipinski definition) is 1. The number of benzene rings is 1. The van der Waals surface area contributed by atoms with E-state index in [0.717, 1.165) is 4.88 Å². The average molecular weight is 321 g/mol. The lowest BCUT2D eigenvalue weighted by atomic mass is 10.1. The molecule has 0 aliphatic rings. The van der Waals surface area contributed by atoms with Crippen molar-refractivity contribution in [2.24, 2.45) is 0 Å². The molecule has 4 nitrogen and oxygen atoms in total. The Bertz CT molecular complexity index is 661. The maximum Gasteiger partial charge on any atom is 0.251 e. The second-order valence-electron chi connectivity index (χ2n) is 4.27. The molecule has 1 heterocycles. The summed E-state index contributed by atoms with van der Waals surface area (Å²) < 4.78 is 6.05. The van der Waals surface area contributed by atoms with Crippen LogP contribution in [-0.4, -0.2) is 19.6 Å².